The second-order valence-electron chi connectivity index (χ2n) is 6.38. The molecule has 3 nitrogen and oxygen atoms in total. The molecule has 0 aromatic rings. The zero-order chi connectivity index (χ0) is 12.8. The second-order valence-corrected chi connectivity index (χ2v) is 6.38. The quantitative estimate of drug-likeness (QED) is 0.783. The van der Waals surface area contributed by atoms with Gasteiger partial charge in [0.1, 0.15) is 0 Å². The van der Waals surface area contributed by atoms with Crippen molar-refractivity contribution in [1.29, 1.82) is 0 Å². The van der Waals surface area contributed by atoms with Gasteiger partial charge in [-0.1, -0.05) is 25.7 Å². The third kappa shape index (κ3) is 3.69. The lowest BCUT2D eigenvalue weighted by Crippen LogP contribution is -2.47. The Labute approximate surface area is 112 Å². The number of rotatable bonds is 4. The minimum Gasteiger partial charge on any atom is -0.381 e. The summed E-state index contributed by atoms with van der Waals surface area (Å²) in [6.45, 7) is 3.77. The molecule has 0 amide bonds. The lowest BCUT2D eigenvalue weighted by atomic mass is 9.79. The van der Waals surface area contributed by atoms with Gasteiger partial charge in [-0.25, -0.2) is 0 Å². The molecule has 1 aliphatic heterocycles. The molecule has 0 radical (unpaired) electrons. The van der Waals surface area contributed by atoms with E-state index in [9.17, 15) is 0 Å². The van der Waals surface area contributed by atoms with Crippen molar-refractivity contribution in [2.75, 3.05) is 33.4 Å². The average Bonchev–Trinajstić information content (AvgIpc) is 2.68. The monoisotopic (exact) mass is 254 g/mol. The van der Waals surface area contributed by atoms with Gasteiger partial charge >= 0.3 is 0 Å². The maximum atomic E-state index is 6.06. The number of ether oxygens (including phenoxy) is 1. The summed E-state index contributed by atoms with van der Waals surface area (Å²) in [4.78, 5) is 2.60. The molecular weight excluding hydrogens is 224 g/mol. The van der Waals surface area contributed by atoms with Gasteiger partial charge in [-0.2, -0.15) is 0 Å². The fourth-order valence-electron chi connectivity index (χ4n) is 3.59. The molecule has 18 heavy (non-hydrogen) atoms. The fourth-order valence-corrected chi connectivity index (χ4v) is 3.59. The maximum Gasteiger partial charge on any atom is 0.0472 e. The molecule has 2 N–H and O–H groups in total. The molecule has 106 valence electrons. The van der Waals surface area contributed by atoms with Crippen LogP contribution in [0.4, 0.5) is 0 Å². The van der Waals surface area contributed by atoms with Crippen LogP contribution in [0.1, 0.15) is 51.4 Å². The first-order chi connectivity index (χ1) is 8.76. The fraction of sp³-hybridized carbons (Fsp3) is 1.00. The lowest BCUT2D eigenvalue weighted by Gasteiger charge is -2.41. The van der Waals surface area contributed by atoms with E-state index in [0.717, 1.165) is 45.2 Å². The topological polar surface area (TPSA) is 38.5 Å². The van der Waals surface area contributed by atoms with Gasteiger partial charge in [0.25, 0.3) is 0 Å². The van der Waals surface area contributed by atoms with E-state index in [1.807, 2.05) is 0 Å². The Bertz CT molecular complexity index is 231. The van der Waals surface area contributed by atoms with Crippen LogP contribution in [0, 0.1) is 5.41 Å². The molecule has 0 aromatic carbocycles. The van der Waals surface area contributed by atoms with E-state index < -0.39 is 0 Å². The minimum absolute atomic E-state index is 0.319. The van der Waals surface area contributed by atoms with Crippen molar-refractivity contribution in [3.05, 3.63) is 0 Å². The molecule has 0 bridgehead atoms. The van der Waals surface area contributed by atoms with Gasteiger partial charge in [-0.3, -0.25) is 0 Å². The molecular formula is C15H30N2O. The third-order valence-electron chi connectivity index (χ3n) is 5.02. The van der Waals surface area contributed by atoms with Crippen molar-refractivity contribution < 1.29 is 4.74 Å². The number of hydrogen-bond acceptors (Lipinski definition) is 3. The van der Waals surface area contributed by atoms with Crippen LogP contribution < -0.4 is 5.73 Å². The summed E-state index contributed by atoms with van der Waals surface area (Å²) in [7, 11) is 2.31. The summed E-state index contributed by atoms with van der Waals surface area (Å²) in [5.41, 5.74) is 6.38. The molecule has 0 aromatic heterocycles. The lowest BCUT2D eigenvalue weighted by molar-refractivity contribution is -0.00351. The SMILES string of the molecule is CN(CC1(CN)CCOCC1)C1CCCCCC1. The van der Waals surface area contributed by atoms with E-state index >= 15 is 0 Å². The van der Waals surface area contributed by atoms with Crippen molar-refractivity contribution >= 4 is 0 Å². The van der Waals surface area contributed by atoms with E-state index in [4.69, 9.17) is 10.5 Å². The standard InChI is InChI=1S/C15H30N2O/c1-17(14-6-4-2-3-5-7-14)13-15(12-16)8-10-18-11-9-15/h14H,2-13,16H2,1H3. The Morgan fingerprint density at radius 1 is 1.11 bits per heavy atom. The molecule has 2 aliphatic rings. The Hall–Kier alpha value is -0.120. The predicted molar refractivity (Wildman–Crippen MR) is 75.7 cm³/mol. The summed E-state index contributed by atoms with van der Waals surface area (Å²) < 4.78 is 5.50. The van der Waals surface area contributed by atoms with Gasteiger partial charge in [-0.15, -0.1) is 0 Å². The average molecular weight is 254 g/mol. The smallest absolute Gasteiger partial charge is 0.0472 e. The highest BCUT2D eigenvalue weighted by molar-refractivity contribution is 4.87. The van der Waals surface area contributed by atoms with Crippen molar-refractivity contribution in [3.8, 4) is 0 Å². The first kappa shape index (κ1) is 14.3. The highest BCUT2D eigenvalue weighted by atomic mass is 16.5. The molecule has 0 spiro atoms. The molecule has 2 fully saturated rings. The molecule has 3 heteroatoms. The summed E-state index contributed by atoms with van der Waals surface area (Å²) >= 11 is 0. The van der Waals surface area contributed by atoms with Crippen LogP contribution in [0.25, 0.3) is 0 Å². The third-order valence-corrected chi connectivity index (χ3v) is 5.02. The first-order valence-electron chi connectivity index (χ1n) is 7.74. The van der Waals surface area contributed by atoms with Gasteiger partial charge < -0.3 is 15.4 Å². The van der Waals surface area contributed by atoms with Gasteiger partial charge in [0.2, 0.25) is 0 Å². The van der Waals surface area contributed by atoms with E-state index in [1.54, 1.807) is 0 Å². The van der Waals surface area contributed by atoms with E-state index in [2.05, 4.69) is 11.9 Å². The maximum absolute atomic E-state index is 6.06. The summed E-state index contributed by atoms with van der Waals surface area (Å²) in [5, 5.41) is 0. The van der Waals surface area contributed by atoms with Crippen molar-refractivity contribution in [3.63, 3.8) is 0 Å². The van der Waals surface area contributed by atoms with Crippen molar-refractivity contribution in [2.24, 2.45) is 11.1 Å². The first-order valence-corrected chi connectivity index (χ1v) is 7.74. The Kier molecular flexibility index (Phi) is 5.46. The Morgan fingerprint density at radius 3 is 2.28 bits per heavy atom. The van der Waals surface area contributed by atoms with Crippen LogP contribution >= 0.6 is 0 Å². The number of nitrogens with zero attached hydrogens (tertiary/aromatic N) is 1. The number of nitrogens with two attached hydrogens (primary N) is 1. The predicted octanol–water partition coefficient (Wildman–Crippen LogP) is 2.40. The summed E-state index contributed by atoms with van der Waals surface area (Å²) in [5.74, 6) is 0. The van der Waals surface area contributed by atoms with Crippen LogP contribution in [-0.4, -0.2) is 44.3 Å². The Morgan fingerprint density at radius 2 is 1.72 bits per heavy atom. The van der Waals surface area contributed by atoms with Gasteiger partial charge in [0.15, 0.2) is 0 Å². The van der Waals surface area contributed by atoms with E-state index in [0.29, 0.717) is 5.41 Å². The molecule has 0 atom stereocenters. The molecule has 1 aliphatic carbocycles. The normalized spacial score (nSPS) is 26.2. The van der Waals surface area contributed by atoms with Crippen LogP contribution in [0.3, 0.4) is 0 Å². The molecule has 1 saturated heterocycles. The minimum atomic E-state index is 0.319. The van der Waals surface area contributed by atoms with E-state index in [-0.39, 0.29) is 0 Å². The van der Waals surface area contributed by atoms with Crippen LogP contribution in [0.2, 0.25) is 0 Å². The molecule has 0 unspecified atom stereocenters. The zero-order valence-electron chi connectivity index (χ0n) is 12.0. The second kappa shape index (κ2) is 6.88. The molecule has 2 rings (SSSR count). The molecule has 1 saturated carbocycles. The van der Waals surface area contributed by atoms with Gasteiger partial charge in [0, 0.05) is 25.8 Å². The Balaban J connectivity index is 1.89. The van der Waals surface area contributed by atoms with Gasteiger partial charge in [0.05, 0.1) is 0 Å². The largest absolute Gasteiger partial charge is 0.381 e. The van der Waals surface area contributed by atoms with Gasteiger partial charge in [-0.05, 0) is 44.7 Å². The summed E-state index contributed by atoms with van der Waals surface area (Å²) in [6.07, 6.45) is 10.7. The highest BCUT2D eigenvalue weighted by Gasteiger charge is 2.33. The summed E-state index contributed by atoms with van der Waals surface area (Å²) in [6, 6.07) is 0.791. The zero-order valence-corrected chi connectivity index (χ0v) is 12.0. The number of hydrogen-bond donors (Lipinski definition) is 1. The van der Waals surface area contributed by atoms with Crippen molar-refractivity contribution in [2.45, 2.75) is 57.4 Å². The van der Waals surface area contributed by atoms with Crippen molar-refractivity contribution in [1.82, 2.24) is 4.90 Å². The van der Waals surface area contributed by atoms with Crippen LogP contribution in [0.5, 0.6) is 0 Å². The van der Waals surface area contributed by atoms with E-state index in [1.165, 1.54) is 38.5 Å². The van der Waals surface area contributed by atoms with Crippen LogP contribution in [0.15, 0.2) is 0 Å². The molecule has 1 heterocycles. The highest BCUT2D eigenvalue weighted by Crippen LogP contribution is 2.32. The van der Waals surface area contributed by atoms with Crippen LogP contribution in [-0.2, 0) is 4.74 Å².